The molecule has 1 aliphatic heterocycles. The highest BCUT2D eigenvalue weighted by atomic mass is 32.2. The van der Waals surface area contributed by atoms with Gasteiger partial charge in [0.2, 0.25) is 10.0 Å². The van der Waals surface area contributed by atoms with E-state index in [1.54, 1.807) is 6.26 Å². The number of nitrogens with two attached hydrogens (primary N) is 1. The summed E-state index contributed by atoms with van der Waals surface area (Å²) in [7, 11) is -3.34. The molecule has 1 aliphatic rings. The molecule has 1 heterocycles. The van der Waals surface area contributed by atoms with Crippen molar-refractivity contribution in [1.29, 1.82) is 0 Å². The molecule has 0 fully saturated rings. The van der Waals surface area contributed by atoms with E-state index < -0.39 is 10.0 Å². The Morgan fingerprint density at radius 1 is 1.57 bits per heavy atom. The first kappa shape index (κ1) is 11.5. The summed E-state index contributed by atoms with van der Waals surface area (Å²) in [6.07, 6.45) is 5.80. The Morgan fingerprint density at radius 2 is 2.36 bits per heavy atom. The average Bonchev–Trinajstić information content (AvgIpc) is 2.13. The van der Waals surface area contributed by atoms with Crippen molar-refractivity contribution in [2.75, 3.05) is 18.8 Å². The fourth-order valence-electron chi connectivity index (χ4n) is 1.21. The van der Waals surface area contributed by atoms with Crippen LogP contribution in [0.3, 0.4) is 0 Å². The molecule has 0 saturated heterocycles. The molecule has 82 valence electrons. The quantitative estimate of drug-likeness (QED) is 0.615. The van der Waals surface area contributed by atoms with Crippen molar-refractivity contribution in [3.8, 4) is 0 Å². The fourth-order valence-corrected chi connectivity index (χ4v) is 1.64. The Hall–Kier alpha value is -0.590. The lowest BCUT2D eigenvalue weighted by molar-refractivity contribution is 0.123. The van der Waals surface area contributed by atoms with Gasteiger partial charge >= 0.3 is 0 Å². The molecule has 0 saturated carbocycles. The van der Waals surface area contributed by atoms with E-state index in [0.717, 1.165) is 12.8 Å². The van der Waals surface area contributed by atoms with Crippen LogP contribution in [0.4, 0.5) is 0 Å². The summed E-state index contributed by atoms with van der Waals surface area (Å²) in [4.78, 5) is 0. The molecule has 1 rings (SSSR count). The first-order valence-corrected chi connectivity index (χ1v) is 6.31. The fraction of sp³-hybridized carbons (Fsp3) is 0.750. The molecule has 0 amide bonds. The van der Waals surface area contributed by atoms with E-state index in [1.165, 1.54) is 0 Å². The molecular formula is C8H16N2O3S. The van der Waals surface area contributed by atoms with E-state index in [1.807, 2.05) is 6.08 Å². The number of sulfonamides is 1. The van der Waals surface area contributed by atoms with Crippen LogP contribution in [0, 0.1) is 0 Å². The highest BCUT2D eigenvalue weighted by Gasteiger charge is 2.10. The van der Waals surface area contributed by atoms with Crippen molar-refractivity contribution in [2.24, 2.45) is 5.14 Å². The van der Waals surface area contributed by atoms with Crippen LogP contribution in [0.1, 0.15) is 12.8 Å². The molecule has 6 heteroatoms. The van der Waals surface area contributed by atoms with Gasteiger partial charge in [0.1, 0.15) is 6.10 Å². The van der Waals surface area contributed by atoms with Gasteiger partial charge in [0.15, 0.2) is 0 Å². The van der Waals surface area contributed by atoms with E-state index in [9.17, 15) is 8.42 Å². The first-order valence-electron chi connectivity index (χ1n) is 4.59. The summed E-state index contributed by atoms with van der Waals surface area (Å²) in [6.45, 7) is 1.04. The first-order chi connectivity index (χ1) is 6.58. The Labute approximate surface area is 84.4 Å². The normalized spacial score (nSPS) is 21.9. The third kappa shape index (κ3) is 5.21. The highest BCUT2D eigenvalue weighted by molar-refractivity contribution is 7.89. The number of ether oxygens (including phenoxy) is 1. The number of nitrogens with one attached hydrogen (secondary N) is 1. The minimum Gasteiger partial charge on any atom is -0.497 e. The van der Waals surface area contributed by atoms with E-state index in [0.29, 0.717) is 13.1 Å². The number of allylic oxidation sites excluding steroid dienone is 1. The minimum atomic E-state index is -3.34. The maximum atomic E-state index is 10.6. The van der Waals surface area contributed by atoms with Crippen LogP contribution in [0.15, 0.2) is 12.3 Å². The molecule has 0 aromatic rings. The van der Waals surface area contributed by atoms with Crippen molar-refractivity contribution in [3.05, 3.63) is 12.3 Å². The molecular weight excluding hydrogens is 204 g/mol. The van der Waals surface area contributed by atoms with Crippen LogP contribution in [0.5, 0.6) is 0 Å². The van der Waals surface area contributed by atoms with Gasteiger partial charge in [0, 0.05) is 13.1 Å². The minimum absolute atomic E-state index is 0.0322. The van der Waals surface area contributed by atoms with Crippen molar-refractivity contribution in [2.45, 2.75) is 18.9 Å². The highest BCUT2D eigenvalue weighted by Crippen LogP contribution is 2.08. The zero-order valence-corrected chi connectivity index (χ0v) is 8.79. The standard InChI is InChI=1S/C8H16N2O3S/c9-14(11,12)6-4-10-7-8-3-1-2-5-13-8/h2,5,8,10H,1,3-4,6-7H2,(H2,9,11,12). The molecule has 0 radical (unpaired) electrons. The van der Waals surface area contributed by atoms with Crippen LogP contribution < -0.4 is 10.5 Å². The van der Waals surface area contributed by atoms with Crippen molar-refractivity contribution in [1.82, 2.24) is 5.32 Å². The van der Waals surface area contributed by atoms with Gasteiger partial charge in [0.25, 0.3) is 0 Å². The van der Waals surface area contributed by atoms with Gasteiger partial charge in [-0.3, -0.25) is 0 Å². The second-order valence-corrected chi connectivity index (χ2v) is 5.01. The number of rotatable bonds is 5. The van der Waals surface area contributed by atoms with E-state index in [2.05, 4.69) is 5.32 Å². The van der Waals surface area contributed by atoms with Gasteiger partial charge in [-0.1, -0.05) is 0 Å². The second kappa shape index (κ2) is 5.33. The van der Waals surface area contributed by atoms with Crippen molar-refractivity contribution >= 4 is 10.0 Å². The lowest BCUT2D eigenvalue weighted by atomic mass is 10.1. The summed E-state index contributed by atoms with van der Waals surface area (Å²) >= 11 is 0. The second-order valence-electron chi connectivity index (χ2n) is 3.28. The number of hydrogen-bond donors (Lipinski definition) is 2. The molecule has 1 unspecified atom stereocenters. The molecule has 1 atom stereocenters. The van der Waals surface area contributed by atoms with E-state index >= 15 is 0 Å². The SMILES string of the molecule is NS(=O)(=O)CCNCC1CCC=CO1. The Morgan fingerprint density at radius 3 is 2.93 bits per heavy atom. The zero-order chi connectivity index (χ0) is 10.4. The topological polar surface area (TPSA) is 81.4 Å². The maximum Gasteiger partial charge on any atom is 0.210 e. The molecule has 0 bridgehead atoms. The number of primary sulfonamides is 1. The molecule has 0 aromatic carbocycles. The van der Waals surface area contributed by atoms with Gasteiger partial charge in [-0.2, -0.15) is 0 Å². The monoisotopic (exact) mass is 220 g/mol. The van der Waals surface area contributed by atoms with Crippen LogP contribution >= 0.6 is 0 Å². The van der Waals surface area contributed by atoms with Crippen molar-refractivity contribution in [3.63, 3.8) is 0 Å². The van der Waals surface area contributed by atoms with Crippen LogP contribution in [0.2, 0.25) is 0 Å². The van der Waals surface area contributed by atoms with Gasteiger partial charge in [0.05, 0.1) is 12.0 Å². The van der Waals surface area contributed by atoms with Crippen molar-refractivity contribution < 1.29 is 13.2 Å². The molecule has 0 aliphatic carbocycles. The van der Waals surface area contributed by atoms with Gasteiger partial charge < -0.3 is 10.1 Å². The van der Waals surface area contributed by atoms with Crippen LogP contribution in [-0.2, 0) is 14.8 Å². The van der Waals surface area contributed by atoms with Crippen LogP contribution in [-0.4, -0.2) is 33.4 Å². The molecule has 3 N–H and O–H groups in total. The molecule has 0 aromatic heterocycles. The lowest BCUT2D eigenvalue weighted by Crippen LogP contribution is -2.33. The van der Waals surface area contributed by atoms with Gasteiger partial charge in [-0.05, 0) is 18.9 Å². The lowest BCUT2D eigenvalue weighted by Gasteiger charge is -2.19. The third-order valence-electron chi connectivity index (χ3n) is 1.96. The summed E-state index contributed by atoms with van der Waals surface area (Å²) < 4.78 is 26.4. The third-order valence-corrected chi connectivity index (χ3v) is 2.73. The van der Waals surface area contributed by atoms with Gasteiger partial charge in [-0.25, -0.2) is 13.6 Å². The maximum absolute atomic E-state index is 10.6. The Balaban J connectivity index is 2.07. The van der Waals surface area contributed by atoms with E-state index in [4.69, 9.17) is 9.88 Å². The molecule has 5 nitrogen and oxygen atoms in total. The van der Waals surface area contributed by atoms with Crippen LogP contribution in [0.25, 0.3) is 0 Å². The van der Waals surface area contributed by atoms with Gasteiger partial charge in [-0.15, -0.1) is 0 Å². The summed E-state index contributed by atoms with van der Waals surface area (Å²) in [6, 6.07) is 0. The average molecular weight is 220 g/mol. The summed E-state index contributed by atoms with van der Waals surface area (Å²) in [5.41, 5.74) is 0. The summed E-state index contributed by atoms with van der Waals surface area (Å²) in [5.74, 6) is -0.0322. The predicted molar refractivity (Wildman–Crippen MR) is 54.1 cm³/mol. The summed E-state index contributed by atoms with van der Waals surface area (Å²) in [5, 5.41) is 7.84. The number of hydrogen-bond acceptors (Lipinski definition) is 4. The Kier molecular flexibility index (Phi) is 4.37. The zero-order valence-electron chi connectivity index (χ0n) is 7.98. The predicted octanol–water partition coefficient (Wildman–Crippen LogP) is -0.443. The largest absolute Gasteiger partial charge is 0.497 e. The molecule has 0 spiro atoms. The molecule has 14 heavy (non-hydrogen) atoms. The smallest absolute Gasteiger partial charge is 0.210 e. The van der Waals surface area contributed by atoms with E-state index in [-0.39, 0.29) is 11.9 Å². The Bertz CT molecular complexity index is 287.